The number of carbonyl (C=O) groups excluding carboxylic acids is 3. The van der Waals surface area contributed by atoms with Gasteiger partial charge in [-0.15, -0.1) is 0 Å². The Morgan fingerprint density at radius 1 is 0.914 bits per heavy atom. The van der Waals surface area contributed by atoms with Crippen molar-refractivity contribution in [2.24, 2.45) is 17.4 Å². The van der Waals surface area contributed by atoms with Gasteiger partial charge in [0.15, 0.2) is 0 Å². The number of phenolic OH excluding ortho intramolecular Hbond substituents is 1. The molecule has 0 saturated carbocycles. The van der Waals surface area contributed by atoms with Crippen LogP contribution in [0.3, 0.4) is 0 Å². The highest BCUT2D eigenvalue weighted by Crippen LogP contribution is 2.12. The van der Waals surface area contributed by atoms with Crippen LogP contribution in [0.2, 0.25) is 0 Å². The van der Waals surface area contributed by atoms with Crippen LogP contribution in [0.15, 0.2) is 24.3 Å². The van der Waals surface area contributed by atoms with Gasteiger partial charge in [0, 0.05) is 6.42 Å². The summed E-state index contributed by atoms with van der Waals surface area (Å²) in [5, 5.41) is 35.2. The molecule has 0 heterocycles. The number of unbranched alkanes of at least 4 members (excludes halogenated alkanes) is 1. The minimum atomic E-state index is -1.53. The first-order chi connectivity index (χ1) is 16.5. The Balaban J connectivity index is 3.04. The number of aliphatic hydroxyl groups is 1. The van der Waals surface area contributed by atoms with Gasteiger partial charge >= 0.3 is 5.97 Å². The Bertz CT molecular complexity index is 847. The molecule has 1 aromatic rings. The molecule has 0 fully saturated rings. The summed E-state index contributed by atoms with van der Waals surface area (Å²) in [5.74, 6) is -3.83. The monoisotopic (exact) mass is 495 g/mol. The van der Waals surface area contributed by atoms with Gasteiger partial charge in [0.05, 0.1) is 12.6 Å². The lowest BCUT2D eigenvalue weighted by molar-refractivity contribution is -0.143. The van der Waals surface area contributed by atoms with Gasteiger partial charge in [-0.1, -0.05) is 32.4 Å². The summed E-state index contributed by atoms with van der Waals surface area (Å²) in [7, 11) is 0. The number of aliphatic carboxylic acids is 1. The van der Waals surface area contributed by atoms with E-state index in [0.717, 1.165) is 0 Å². The molecular formula is C23H37N5O7. The summed E-state index contributed by atoms with van der Waals surface area (Å²) in [6.07, 6.45) is 1.78. The third kappa shape index (κ3) is 10.3. The van der Waals surface area contributed by atoms with Gasteiger partial charge in [-0.25, -0.2) is 4.79 Å². The zero-order valence-corrected chi connectivity index (χ0v) is 20.1. The SMILES string of the molecule is CC(C)C(NC(=O)C(Cc1ccc(O)cc1)NC(=O)C(N)CCCCN)C(=O)NC(CO)C(=O)O. The van der Waals surface area contributed by atoms with Crippen molar-refractivity contribution < 1.29 is 34.5 Å². The number of nitrogens with one attached hydrogen (secondary N) is 3. The molecule has 3 amide bonds. The third-order valence-electron chi connectivity index (χ3n) is 5.36. The molecule has 1 aromatic carbocycles. The second kappa shape index (κ2) is 14.9. The van der Waals surface area contributed by atoms with Crippen LogP contribution in [0, 0.1) is 5.92 Å². The van der Waals surface area contributed by atoms with Crippen LogP contribution >= 0.6 is 0 Å². The zero-order chi connectivity index (χ0) is 26.5. The summed E-state index contributed by atoms with van der Waals surface area (Å²) >= 11 is 0. The third-order valence-corrected chi connectivity index (χ3v) is 5.36. The number of hydrogen-bond donors (Lipinski definition) is 8. The normalized spacial score (nSPS) is 14.5. The van der Waals surface area contributed by atoms with E-state index in [9.17, 15) is 29.4 Å². The van der Waals surface area contributed by atoms with Gasteiger partial charge in [0.1, 0.15) is 23.9 Å². The lowest BCUT2D eigenvalue weighted by Gasteiger charge is -2.27. The molecule has 12 heteroatoms. The van der Waals surface area contributed by atoms with Crippen molar-refractivity contribution >= 4 is 23.7 Å². The molecule has 35 heavy (non-hydrogen) atoms. The fourth-order valence-corrected chi connectivity index (χ4v) is 3.23. The standard InChI is InChI=1S/C23H37N5O7/c1-13(2)19(22(33)27-18(12-29)23(34)35)28-21(32)17(11-14-6-8-15(30)9-7-14)26-20(31)16(25)5-3-4-10-24/h6-9,13,16-19,29-30H,3-5,10-12,24-25H2,1-2H3,(H,26,31)(H,27,33)(H,28,32)(H,34,35). The second-order valence-corrected chi connectivity index (χ2v) is 8.63. The predicted octanol–water partition coefficient (Wildman–Crippen LogP) is -1.42. The smallest absolute Gasteiger partial charge is 0.328 e. The largest absolute Gasteiger partial charge is 0.508 e. The highest BCUT2D eigenvalue weighted by Gasteiger charge is 2.31. The van der Waals surface area contributed by atoms with Crippen molar-refractivity contribution in [3.05, 3.63) is 29.8 Å². The topological polar surface area (TPSA) is 217 Å². The minimum absolute atomic E-state index is 0.0362. The second-order valence-electron chi connectivity index (χ2n) is 8.63. The van der Waals surface area contributed by atoms with Crippen molar-refractivity contribution in [2.45, 2.75) is 63.7 Å². The number of aromatic hydroxyl groups is 1. The number of aliphatic hydroxyl groups excluding tert-OH is 1. The van der Waals surface area contributed by atoms with Gasteiger partial charge in [-0.3, -0.25) is 14.4 Å². The van der Waals surface area contributed by atoms with Crippen LogP contribution in [0.4, 0.5) is 0 Å². The maximum absolute atomic E-state index is 13.2. The van der Waals surface area contributed by atoms with E-state index in [0.29, 0.717) is 31.4 Å². The number of benzene rings is 1. The number of hydrogen-bond acceptors (Lipinski definition) is 8. The van der Waals surface area contributed by atoms with Crippen LogP contribution in [0.5, 0.6) is 5.75 Å². The molecule has 0 aliphatic rings. The molecule has 4 atom stereocenters. The number of amides is 3. The molecule has 0 aliphatic heterocycles. The molecule has 0 aromatic heterocycles. The highest BCUT2D eigenvalue weighted by molar-refractivity contribution is 5.94. The number of carboxylic acid groups (broad SMARTS) is 1. The first kappa shape index (κ1) is 29.8. The number of nitrogens with two attached hydrogens (primary N) is 2. The van der Waals surface area contributed by atoms with Crippen molar-refractivity contribution in [1.82, 2.24) is 16.0 Å². The molecule has 12 nitrogen and oxygen atoms in total. The number of rotatable bonds is 15. The van der Waals surface area contributed by atoms with E-state index in [4.69, 9.17) is 16.6 Å². The average Bonchev–Trinajstić information content (AvgIpc) is 2.81. The van der Waals surface area contributed by atoms with Crippen LogP contribution in [0.1, 0.15) is 38.7 Å². The summed E-state index contributed by atoms with van der Waals surface area (Å²) in [6.45, 7) is 2.96. The molecule has 0 aliphatic carbocycles. The van der Waals surface area contributed by atoms with E-state index in [1.54, 1.807) is 26.0 Å². The van der Waals surface area contributed by atoms with Crippen molar-refractivity contribution in [1.29, 1.82) is 0 Å². The Morgan fingerprint density at radius 2 is 1.51 bits per heavy atom. The Hall–Kier alpha value is -3.22. The predicted molar refractivity (Wildman–Crippen MR) is 128 cm³/mol. The van der Waals surface area contributed by atoms with Crippen molar-refractivity contribution in [2.75, 3.05) is 13.2 Å². The van der Waals surface area contributed by atoms with E-state index >= 15 is 0 Å². The van der Waals surface area contributed by atoms with Gasteiger partial charge in [-0.05, 0) is 43.0 Å². The highest BCUT2D eigenvalue weighted by atomic mass is 16.4. The Morgan fingerprint density at radius 3 is 2.03 bits per heavy atom. The lowest BCUT2D eigenvalue weighted by atomic mass is 10.00. The van der Waals surface area contributed by atoms with Crippen molar-refractivity contribution in [3.63, 3.8) is 0 Å². The molecule has 0 radical (unpaired) electrons. The van der Waals surface area contributed by atoms with E-state index in [2.05, 4.69) is 16.0 Å². The summed E-state index contributed by atoms with van der Waals surface area (Å²) in [5.41, 5.74) is 12.1. The first-order valence-electron chi connectivity index (χ1n) is 11.5. The molecule has 1 rings (SSSR count). The average molecular weight is 496 g/mol. The molecule has 4 unspecified atom stereocenters. The van der Waals surface area contributed by atoms with Crippen LogP contribution < -0.4 is 27.4 Å². The molecule has 196 valence electrons. The van der Waals surface area contributed by atoms with E-state index in [1.165, 1.54) is 12.1 Å². The fourth-order valence-electron chi connectivity index (χ4n) is 3.23. The van der Waals surface area contributed by atoms with Crippen LogP contribution in [-0.4, -0.2) is 76.3 Å². The van der Waals surface area contributed by atoms with Gasteiger partial charge in [0.25, 0.3) is 0 Å². The van der Waals surface area contributed by atoms with Crippen LogP contribution in [0.25, 0.3) is 0 Å². The number of carbonyl (C=O) groups is 4. The maximum atomic E-state index is 13.2. The number of carboxylic acids is 1. The van der Waals surface area contributed by atoms with Crippen LogP contribution in [-0.2, 0) is 25.6 Å². The molecule has 0 spiro atoms. The summed E-state index contributed by atoms with van der Waals surface area (Å²) in [4.78, 5) is 49.6. The molecule has 10 N–H and O–H groups in total. The summed E-state index contributed by atoms with van der Waals surface area (Å²) < 4.78 is 0. The van der Waals surface area contributed by atoms with E-state index < -0.39 is 60.4 Å². The Labute approximate surface area is 204 Å². The molecule has 0 bridgehead atoms. The van der Waals surface area contributed by atoms with E-state index in [-0.39, 0.29) is 12.2 Å². The van der Waals surface area contributed by atoms with Gasteiger partial charge in [-0.2, -0.15) is 0 Å². The quantitative estimate of drug-likeness (QED) is 0.134. The molecule has 0 saturated heterocycles. The summed E-state index contributed by atoms with van der Waals surface area (Å²) in [6, 6.07) is 1.44. The zero-order valence-electron chi connectivity index (χ0n) is 20.1. The lowest BCUT2D eigenvalue weighted by Crippen LogP contribution is -2.59. The van der Waals surface area contributed by atoms with Gasteiger partial charge < -0.3 is 42.7 Å². The fraction of sp³-hybridized carbons (Fsp3) is 0.565. The first-order valence-corrected chi connectivity index (χ1v) is 11.5. The van der Waals surface area contributed by atoms with Crippen molar-refractivity contribution in [3.8, 4) is 5.75 Å². The molecular weight excluding hydrogens is 458 g/mol. The minimum Gasteiger partial charge on any atom is -0.508 e. The van der Waals surface area contributed by atoms with E-state index in [1.807, 2.05) is 0 Å². The number of phenols is 1. The van der Waals surface area contributed by atoms with Gasteiger partial charge in [0.2, 0.25) is 17.7 Å². The Kier molecular flexibility index (Phi) is 12.7. The maximum Gasteiger partial charge on any atom is 0.328 e.